The topological polar surface area (TPSA) is 80.5 Å². The molecule has 0 atom stereocenters. The van der Waals surface area contributed by atoms with Crippen molar-refractivity contribution in [2.45, 2.75) is 12.6 Å². The van der Waals surface area contributed by atoms with Crippen LogP contribution in [0.1, 0.15) is 5.89 Å². The van der Waals surface area contributed by atoms with Crippen molar-refractivity contribution in [1.82, 2.24) is 25.3 Å². The van der Waals surface area contributed by atoms with Gasteiger partial charge in [-0.05, 0) is 0 Å². The van der Waals surface area contributed by atoms with Crippen LogP contribution < -0.4 is 0 Å². The number of hydrogen-bond donors (Lipinski definition) is 1. The van der Waals surface area contributed by atoms with E-state index in [2.05, 4.69) is 29.8 Å². The summed E-state index contributed by atoms with van der Waals surface area (Å²) in [6.45, 7) is 0. The Morgan fingerprint density at radius 3 is 2.80 bits per heavy atom. The van der Waals surface area contributed by atoms with E-state index in [1.54, 1.807) is 0 Å². The fraction of sp³-hybridized carbons (Fsp3) is 0.333. The summed E-state index contributed by atoms with van der Waals surface area (Å²) in [7, 11) is 0. The van der Waals surface area contributed by atoms with E-state index in [4.69, 9.17) is 0 Å². The van der Waals surface area contributed by atoms with Crippen LogP contribution in [-0.4, -0.2) is 31.5 Å². The van der Waals surface area contributed by atoms with Crippen molar-refractivity contribution in [2.24, 2.45) is 0 Å². The van der Waals surface area contributed by atoms with Gasteiger partial charge in [-0.25, -0.2) is 4.98 Å². The zero-order valence-corrected chi connectivity index (χ0v) is 7.12. The van der Waals surface area contributed by atoms with Crippen LogP contribution >= 0.6 is 0 Å². The number of H-pyrrole nitrogens is 1. The number of rotatable bonds is 2. The fourth-order valence-corrected chi connectivity index (χ4v) is 0.908. The number of aromatic amines is 1. The van der Waals surface area contributed by atoms with Gasteiger partial charge in [-0.2, -0.15) is 23.3 Å². The molecule has 2 rings (SSSR count). The van der Waals surface area contributed by atoms with Crippen molar-refractivity contribution in [1.29, 1.82) is 0 Å². The van der Waals surface area contributed by atoms with Crippen molar-refractivity contribution in [3.8, 4) is 11.6 Å². The number of hydrogen-bond acceptors (Lipinski definition) is 5. The molecule has 0 aliphatic rings. The first-order valence-electron chi connectivity index (χ1n) is 3.80. The summed E-state index contributed by atoms with van der Waals surface area (Å²) in [6, 6.07) is 0. The van der Waals surface area contributed by atoms with Gasteiger partial charge >= 0.3 is 6.18 Å². The van der Waals surface area contributed by atoms with Gasteiger partial charge in [0, 0.05) is 0 Å². The lowest BCUT2D eigenvalue weighted by Crippen LogP contribution is -2.11. The average molecular weight is 219 g/mol. The molecule has 0 aromatic carbocycles. The van der Waals surface area contributed by atoms with Gasteiger partial charge in [0.1, 0.15) is 12.7 Å². The molecule has 0 unspecified atom stereocenters. The third-order valence-electron chi connectivity index (χ3n) is 1.45. The second kappa shape index (κ2) is 3.33. The van der Waals surface area contributed by atoms with Crippen LogP contribution in [0, 0.1) is 0 Å². The van der Waals surface area contributed by atoms with Gasteiger partial charge in [0.25, 0.3) is 0 Å². The highest BCUT2D eigenvalue weighted by Gasteiger charge is 2.31. The Labute approximate surface area is 80.5 Å². The second-order valence-electron chi connectivity index (χ2n) is 2.64. The molecule has 0 fully saturated rings. The van der Waals surface area contributed by atoms with E-state index in [9.17, 15) is 13.2 Å². The molecule has 2 aromatic rings. The molecule has 0 saturated heterocycles. The summed E-state index contributed by atoms with van der Waals surface area (Å²) in [6.07, 6.45) is -4.44. The summed E-state index contributed by atoms with van der Waals surface area (Å²) < 4.78 is 40.2. The quantitative estimate of drug-likeness (QED) is 0.813. The zero-order chi connectivity index (χ0) is 10.9. The molecule has 0 spiro atoms. The van der Waals surface area contributed by atoms with Gasteiger partial charge in [0.05, 0.1) is 0 Å². The summed E-state index contributed by atoms with van der Waals surface area (Å²) in [4.78, 5) is 7.17. The molecule has 2 heterocycles. The predicted molar refractivity (Wildman–Crippen MR) is 39.4 cm³/mol. The lowest BCUT2D eigenvalue weighted by atomic mass is 10.4. The van der Waals surface area contributed by atoms with Crippen LogP contribution in [0.2, 0.25) is 0 Å². The van der Waals surface area contributed by atoms with E-state index in [0.29, 0.717) is 0 Å². The molecule has 6 nitrogen and oxygen atoms in total. The van der Waals surface area contributed by atoms with E-state index in [1.165, 1.54) is 6.33 Å². The first-order chi connectivity index (χ1) is 7.04. The van der Waals surface area contributed by atoms with Gasteiger partial charge < -0.3 is 4.52 Å². The van der Waals surface area contributed by atoms with Crippen LogP contribution in [-0.2, 0) is 6.42 Å². The molecule has 80 valence electrons. The molecule has 0 aliphatic carbocycles. The second-order valence-corrected chi connectivity index (χ2v) is 2.64. The number of halogens is 3. The van der Waals surface area contributed by atoms with E-state index < -0.39 is 18.5 Å². The summed E-state index contributed by atoms with van der Waals surface area (Å²) >= 11 is 0. The van der Waals surface area contributed by atoms with Crippen molar-refractivity contribution in [2.75, 3.05) is 0 Å². The first-order valence-corrected chi connectivity index (χ1v) is 3.80. The monoisotopic (exact) mass is 219 g/mol. The minimum atomic E-state index is -4.37. The number of nitrogens with zero attached hydrogens (tertiary/aromatic N) is 4. The van der Waals surface area contributed by atoms with Crippen LogP contribution in [0.15, 0.2) is 10.9 Å². The van der Waals surface area contributed by atoms with Crippen molar-refractivity contribution in [3.63, 3.8) is 0 Å². The van der Waals surface area contributed by atoms with Gasteiger partial charge in [-0.15, -0.1) is 0 Å². The Hall–Kier alpha value is -1.93. The Bertz CT molecular complexity index is 434. The van der Waals surface area contributed by atoms with Crippen LogP contribution in [0.3, 0.4) is 0 Å². The Balaban J connectivity index is 2.18. The maximum Gasteiger partial charge on any atom is 0.397 e. The molecule has 0 aliphatic heterocycles. The van der Waals surface area contributed by atoms with Gasteiger partial charge in [-0.1, -0.05) is 5.16 Å². The third kappa shape index (κ3) is 2.30. The molecule has 15 heavy (non-hydrogen) atoms. The Morgan fingerprint density at radius 1 is 1.40 bits per heavy atom. The zero-order valence-electron chi connectivity index (χ0n) is 7.12. The van der Waals surface area contributed by atoms with Crippen LogP contribution in [0.25, 0.3) is 11.6 Å². The van der Waals surface area contributed by atoms with Crippen molar-refractivity contribution in [3.05, 3.63) is 12.2 Å². The molecular formula is C6H4F3N5O. The molecule has 2 aromatic heterocycles. The highest BCUT2D eigenvalue weighted by Crippen LogP contribution is 2.21. The standard InChI is InChI=1S/C6H4F3N5O/c7-6(8,9)1-3-12-5(14-15-3)4-10-2-11-13-4/h2H,1H2,(H,10,11,13). The largest absolute Gasteiger partial charge is 0.397 e. The molecule has 1 N–H and O–H groups in total. The maximum absolute atomic E-state index is 11.9. The highest BCUT2D eigenvalue weighted by molar-refractivity contribution is 5.39. The van der Waals surface area contributed by atoms with E-state index in [-0.39, 0.29) is 11.6 Å². The minimum absolute atomic E-state index is 0.0493. The highest BCUT2D eigenvalue weighted by atomic mass is 19.4. The van der Waals surface area contributed by atoms with Crippen LogP contribution in [0.4, 0.5) is 13.2 Å². The number of alkyl halides is 3. The Kier molecular flexibility index (Phi) is 2.14. The van der Waals surface area contributed by atoms with Crippen LogP contribution in [0.5, 0.6) is 0 Å². The molecule has 0 saturated carbocycles. The maximum atomic E-state index is 11.9. The van der Waals surface area contributed by atoms with E-state index in [0.717, 1.165) is 0 Å². The number of nitrogens with one attached hydrogen (secondary N) is 1. The van der Waals surface area contributed by atoms with Crippen molar-refractivity contribution < 1.29 is 17.7 Å². The fourth-order valence-electron chi connectivity index (χ4n) is 0.908. The molecule has 0 bridgehead atoms. The summed E-state index contributed by atoms with van der Waals surface area (Å²) in [5.41, 5.74) is 0. The molecular weight excluding hydrogens is 215 g/mol. The minimum Gasteiger partial charge on any atom is -0.339 e. The lowest BCUT2D eigenvalue weighted by molar-refractivity contribution is -0.131. The smallest absolute Gasteiger partial charge is 0.339 e. The van der Waals surface area contributed by atoms with E-state index >= 15 is 0 Å². The average Bonchev–Trinajstić information content (AvgIpc) is 2.68. The molecule has 9 heteroatoms. The van der Waals surface area contributed by atoms with Crippen molar-refractivity contribution >= 4 is 0 Å². The molecule has 0 radical (unpaired) electrons. The van der Waals surface area contributed by atoms with Gasteiger partial charge in [-0.3, -0.25) is 5.10 Å². The van der Waals surface area contributed by atoms with E-state index in [1.807, 2.05) is 0 Å². The summed E-state index contributed by atoms with van der Waals surface area (Å²) in [5.74, 6) is -0.396. The first kappa shape index (κ1) is 9.62. The van der Waals surface area contributed by atoms with Gasteiger partial charge in [0.15, 0.2) is 5.82 Å². The molecule has 0 amide bonds. The number of aromatic nitrogens is 5. The normalized spacial score (nSPS) is 11.9. The summed E-state index contributed by atoms with van der Waals surface area (Å²) in [5, 5.41) is 9.23. The SMILES string of the molecule is FC(F)(F)Cc1nc(-c2ncn[nH]2)no1. The Morgan fingerprint density at radius 2 is 2.20 bits per heavy atom. The third-order valence-corrected chi connectivity index (χ3v) is 1.45. The van der Waals surface area contributed by atoms with Gasteiger partial charge in [0.2, 0.25) is 11.7 Å². The lowest BCUT2D eigenvalue weighted by Gasteiger charge is -1.99. The predicted octanol–water partition coefficient (Wildman–Crippen LogP) is 0.959.